The van der Waals surface area contributed by atoms with Crippen molar-refractivity contribution in [1.82, 2.24) is 25.0 Å². The Bertz CT molecular complexity index is 1310. The van der Waals surface area contributed by atoms with Crippen LogP contribution in [0.4, 0.5) is 25.1 Å². The lowest BCUT2D eigenvalue weighted by Crippen LogP contribution is -2.47. The van der Waals surface area contributed by atoms with Crippen molar-refractivity contribution < 1.29 is 22.5 Å². The van der Waals surface area contributed by atoms with Crippen LogP contribution in [0, 0.1) is 18.6 Å². The number of rotatable bonds is 6. The maximum absolute atomic E-state index is 14.0. The number of piperidine rings is 1. The second-order valence-electron chi connectivity index (χ2n) is 10.8. The number of benzene rings is 1. The minimum absolute atomic E-state index is 0.0411. The average Bonchev–Trinajstić information content (AvgIpc) is 3.67. The third-order valence-corrected chi connectivity index (χ3v) is 7.25. The largest absolute Gasteiger partial charge is 0.339 e. The van der Waals surface area contributed by atoms with Crippen LogP contribution < -0.4 is 15.5 Å². The van der Waals surface area contributed by atoms with E-state index in [2.05, 4.69) is 20.1 Å². The molecular formula is C30H43F3N8O2. The molecule has 1 atom stereocenters. The van der Waals surface area contributed by atoms with E-state index in [0.29, 0.717) is 42.7 Å². The SMILES string of the molecule is CC.CCN(C(=O)c1cnc(N2CC[C@@H](N)C2)nc1)C1CCN(c2nc(C(C)(C)F)no2)CC1.Cc1ccc(F)cc1F. The molecule has 2 aromatic heterocycles. The van der Waals surface area contributed by atoms with Gasteiger partial charge in [0, 0.05) is 63.3 Å². The zero-order valence-electron chi connectivity index (χ0n) is 25.9. The lowest BCUT2D eigenvalue weighted by Gasteiger charge is -2.37. The Balaban J connectivity index is 0.000000390. The number of aryl methyl sites for hydroxylation is 1. The van der Waals surface area contributed by atoms with Gasteiger partial charge in [0.2, 0.25) is 11.8 Å². The highest BCUT2D eigenvalue weighted by Gasteiger charge is 2.32. The molecule has 0 bridgehead atoms. The minimum Gasteiger partial charge on any atom is -0.339 e. The number of anilines is 2. The van der Waals surface area contributed by atoms with Crippen molar-refractivity contribution in [2.45, 2.75) is 78.6 Å². The number of alkyl halides is 1. The standard InChI is InChI=1S/C21H31FN8O2.C7H6F2.C2H6/c1-4-30(17(31)14-11-24-19(25-12-14)29-8-5-15(23)13-29)16-6-9-28(10-7-16)20-26-18(27-32-20)21(2,3)22;1-5-2-3-6(8)4-7(5)9;1-2/h11-12,15-16H,4-10,13,23H2,1-3H3;2-4H,1H3;1-2H3/t15-;;/m1../s1. The maximum Gasteiger partial charge on any atom is 0.324 e. The van der Waals surface area contributed by atoms with E-state index in [1.807, 2.05) is 35.5 Å². The number of halogens is 3. The molecule has 2 aliphatic rings. The molecule has 2 aliphatic heterocycles. The summed E-state index contributed by atoms with van der Waals surface area (Å²) in [4.78, 5) is 32.0. The van der Waals surface area contributed by atoms with Crippen molar-refractivity contribution >= 4 is 17.9 Å². The highest BCUT2D eigenvalue weighted by atomic mass is 19.1. The molecule has 236 valence electrons. The first-order valence-electron chi connectivity index (χ1n) is 14.8. The molecule has 0 radical (unpaired) electrons. The summed E-state index contributed by atoms with van der Waals surface area (Å²) in [6, 6.07) is 4.06. The second-order valence-corrected chi connectivity index (χ2v) is 10.8. The minimum atomic E-state index is -1.65. The molecule has 2 saturated heterocycles. The number of hydrogen-bond donors (Lipinski definition) is 1. The fraction of sp³-hybridized carbons (Fsp3) is 0.567. The summed E-state index contributed by atoms with van der Waals surface area (Å²) >= 11 is 0. The molecule has 43 heavy (non-hydrogen) atoms. The highest BCUT2D eigenvalue weighted by molar-refractivity contribution is 5.94. The van der Waals surface area contributed by atoms with E-state index < -0.39 is 17.3 Å². The molecule has 13 heteroatoms. The third-order valence-electron chi connectivity index (χ3n) is 7.25. The van der Waals surface area contributed by atoms with Crippen molar-refractivity contribution in [3.63, 3.8) is 0 Å². The van der Waals surface area contributed by atoms with Gasteiger partial charge in [0.15, 0.2) is 5.67 Å². The molecule has 0 saturated carbocycles. The Kier molecular flexibility index (Phi) is 11.9. The number of aromatic nitrogens is 4. The molecule has 2 fully saturated rings. The Hall–Kier alpha value is -3.74. The maximum atomic E-state index is 14.0. The average molecular weight is 605 g/mol. The van der Waals surface area contributed by atoms with E-state index >= 15 is 0 Å². The van der Waals surface area contributed by atoms with Crippen LogP contribution in [0.25, 0.3) is 0 Å². The van der Waals surface area contributed by atoms with Crippen LogP contribution in [0.15, 0.2) is 35.1 Å². The van der Waals surface area contributed by atoms with Crippen LogP contribution in [-0.2, 0) is 5.67 Å². The first kappa shape index (κ1) is 33.8. The van der Waals surface area contributed by atoms with Crippen LogP contribution >= 0.6 is 0 Å². The van der Waals surface area contributed by atoms with E-state index in [1.54, 1.807) is 19.3 Å². The van der Waals surface area contributed by atoms with Crippen molar-refractivity contribution in [2.75, 3.05) is 42.5 Å². The van der Waals surface area contributed by atoms with E-state index in [-0.39, 0.29) is 23.8 Å². The van der Waals surface area contributed by atoms with Crippen molar-refractivity contribution in [3.05, 3.63) is 59.2 Å². The molecule has 1 aromatic carbocycles. The molecule has 1 amide bonds. The van der Waals surface area contributed by atoms with Crippen molar-refractivity contribution in [3.8, 4) is 0 Å². The van der Waals surface area contributed by atoms with Gasteiger partial charge in [-0.15, -0.1) is 0 Å². The molecule has 0 aliphatic carbocycles. The van der Waals surface area contributed by atoms with Gasteiger partial charge >= 0.3 is 6.01 Å². The molecule has 0 unspecified atom stereocenters. The number of carbonyl (C=O) groups is 1. The van der Waals surface area contributed by atoms with Gasteiger partial charge in [-0.25, -0.2) is 23.1 Å². The Labute approximate surface area is 251 Å². The van der Waals surface area contributed by atoms with Gasteiger partial charge < -0.3 is 25.0 Å². The second kappa shape index (κ2) is 15.1. The van der Waals surface area contributed by atoms with Crippen LogP contribution in [0.1, 0.15) is 75.6 Å². The third kappa shape index (κ3) is 8.88. The zero-order valence-corrected chi connectivity index (χ0v) is 25.9. The number of hydrogen-bond acceptors (Lipinski definition) is 9. The monoisotopic (exact) mass is 604 g/mol. The Morgan fingerprint density at radius 1 is 1.09 bits per heavy atom. The predicted octanol–water partition coefficient (Wildman–Crippen LogP) is 5.03. The molecule has 0 spiro atoms. The quantitative estimate of drug-likeness (QED) is 0.413. The van der Waals surface area contributed by atoms with Crippen LogP contribution in [0.3, 0.4) is 0 Å². The van der Waals surface area contributed by atoms with Gasteiger partial charge in [-0.1, -0.05) is 25.1 Å². The Morgan fingerprint density at radius 2 is 1.72 bits per heavy atom. The van der Waals surface area contributed by atoms with Gasteiger partial charge in [-0.2, -0.15) is 4.98 Å². The first-order valence-corrected chi connectivity index (χ1v) is 14.8. The highest BCUT2D eigenvalue weighted by Crippen LogP contribution is 2.27. The van der Waals surface area contributed by atoms with Crippen molar-refractivity contribution in [1.29, 1.82) is 0 Å². The number of nitrogens with two attached hydrogens (primary N) is 1. The molecule has 4 heterocycles. The summed E-state index contributed by atoms with van der Waals surface area (Å²) in [5.74, 6) is -0.441. The number of nitrogens with zero attached hydrogens (tertiary/aromatic N) is 7. The van der Waals surface area contributed by atoms with Crippen LogP contribution in [0.2, 0.25) is 0 Å². The topological polar surface area (TPSA) is 118 Å². The van der Waals surface area contributed by atoms with Gasteiger partial charge in [-0.3, -0.25) is 4.79 Å². The zero-order chi connectivity index (χ0) is 31.7. The van der Waals surface area contributed by atoms with E-state index in [9.17, 15) is 18.0 Å². The first-order chi connectivity index (χ1) is 20.5. The summed E-state index contributed by atoms with van der Waals surface area (Å²) < 4.78 is 43.7. The molecule has 3 aromatic rings. The van der Waals surface area contributed by atoms with Crippen LogP contribution in [-0.4, -0.2) is 75.7 Å². The molecule has 5 rings (SSSR count). The lowest BCUT2D eigenvalue weighted by atomic mass is 10.0. The number of carbonyl (C=O) groups excluding carboxylic acids is 1. The summed E-state index contributed by atoms with van der Waals surface area (Å²) in [6.07, 6.45) is 5.63. The molecule has 10 nitrogen and oxygen atoms in total. The predicted molar refractivity (Wildman–Crippen MR) is 160 cm³/mol. The van der Waals surface area contributed by atoms with Gasteiger partial charge in [0.05, 0.1) is 5.56 Å². The van der Waals surface area contributed by atoms with Crippen molar-refractivity contribution in [2.24, 2.45) is 5.73 Å². The van der Waals surface area contributed by atoms with Crippen LogP contribution in [0.5, 0.6) is 0 Å². The number of amides is 1. The lowest BCUT2D eigenvalue weighted by molar-refractivity contribution is 0.0661. The summed E-state index contributed by atoms with van der Waals surface area (Å²) in [6.45, 7) is 13.8. The van der Waals surface area contributed by atoms with E-state index in [1.165, 1.54) is 26.0 Å². The fourth-order valence-electron chi connectivity index (χ4n) is 4.82. The smallest absolute Gasteiger partial charge is 0.324 e. The summed E-state index contributed by atoms with van der Waals surface area (Å²) in [5.41, 5.74) is 5.26. The summed E-state index contributed by atoms with van der Waals surface area (Å²) in [5, 5.41) is 3.75. The molecule has 2 N–H and O–H groups in total. The van der Waals surface area contributed by atoms with Gasteiger partial charge in [-0.05, 0) is 58.6 Å². The summed E-state index contributed by atoms with van der Waals surface area (Å²) in [7, 11) is 0. The molecular weight excluding hydrogens is 561 g/mol. The fourth-order valence-corrected chi connectivity index (χ4v) is 4.82. The van der Waals surface area contributed by atoms with Gasteiger partial charge in [0.1, 0.15) is 11.6 Å². The van der Waals surface area contributed by atoms with Gasteiger partial charge in [0.25, 0.3) is 5.91 Å². The Morgan fingerprint density at radius 3 is 2.21 bits per heavy atom. The van der Waals surface area contributed by atoms with E-state index in [0.717, 1.165) is 38.4 Å². The normalized spacial score (nSPS) is 17.1. The van der Waals surface area contributed by atoms with E-state index in [4.69, 9.17) is 10.3 Å².